The number of hydrogen-bond acceptors (Lipinski definition) is 2. The van der Waals surface area contributed by atoms with Crippen LogP contribution in [0.3, 0.4) is 0 Å². The van der Waals surface area contributed by atoms with Gasteiger partial charge in [0.25, 0.3) is 0 Å². The quantitative estimate of drug-likeness (QED) is 0.568. The van der Waals surface area contributed by atoms with Crippen LogP contribution < -0.4 is 4.74 Å². The number of carbonyl (C=O) groups is 1. The van der Waals surface area contributed by atoms with Crippen molar-refractivity contribution in [2.45, 2.75) is 64.2 Å². The largest absolute Gasteiger partial charge is 0.496 e. The molecule has 3 rings (SSSR count). The van der Waals surface area contributed by atoms with Gasteiger partial charge in [-0.2, -0.15) is 0 Å². The number of carboxylic acids is 1. The van der Waals surface area contributed by atoms with Crippen molar-refractivity contribution in [1.82, 2.24) is 0 Å². The van der Waals surface area contributed by atoms with Crippen LogP contribution in [0.25, 0.3) is 0 Å². The molecule has 1 aromatic rings. The van der Waals surface area contributed by atoms with E-state index in [4.69, 9.17) is 4.74 Å². The lowest BCUT2D eigenvalue weighted by Gasteiger charge is -2.26. The van der Waals surface area contributed by atoms with Crippen molar-refractivity contribution in [3.8, 4) is 5.75 Å². The number of ether oxygens (including phenoxy) is 1. The molecule has 0 spiro atoms. The maximum Gasteiger partial charge on any atom is 0.307 e. The second-order valence-corrected chi connectivity index (χ2v) is 8.26. The molecule has 0 radical (unpaired) electrons. The molecular weight excluding hydrogens is 324 g/mol. The second kappa shape index (κ2) is 8.28. The van der Waals surface area contributed by atoms with E-state index >= 15 is 0 Å². The van der Waals surface area contributed by atoms with Gasteiger partial charge in [0.15, 0.2) is 0 Å². The monoisotopic (exact) mass is 356 g/mol. The lowest BCUT2D eigenvalue weighted by molar-refractivity contribution is -0.142. The minimum absolute atomic E-state index is 0.0534. The highest BCUT2D eigenvalue weighted by Gasteiger charge is 2.43. The average molecular weight is 357 g/mol. The summed E-state index contributed by atoms with van der Waals surface area (Å²) < 4.78 is 5.51. The molecule has 2 saturated carbocycles. The van der Waals surface area contributed by atoms with E-state index in [-0.39, 0.29) is 5.92 Å². The Kier molecular flexibility index (Phi) is 6.05. The number of hydrogen-bond donors (Lipinski definition) is 1. The zero-order valence-electron chi connectivity index (χ0n) is 16.1. The minimum Gasteiger partial charge on any atom is -0.496 e. The smallest absolute Gasteiger partial charge is 0.307 e. The predicted molar refractivity (Wildman–Crippen MR) is 105 cm³/mol. The van der Waals surface area contributed by atoms with Crippen molar-refractivity contribution in [3.63, 3.8) is 0 Å². The van der Waals surface area contributed by atoms with Crippen molar-refractivity contribution in [3.05, 3.63) is 42.0 Å². The molecule has 0 saturated heterocycles. The van der Waals surface area contributed by atoms with E-state index in [0.717, 1.165) is 30.1 Å². The predicted octanol–water partition coefficient (Wildman–Crippen LogP) is 5.81. The fraction of sp³-hybridized carbons (Fsp3) is 0.609. The minimum atomic E-state index is -0.718. The van der Waals surface area contributed by atoms with Gasteiger partial charge in [-0.25, -0.2) is 0 Å². The Labute approximate surface area is 157 Å². The highest BCUT2D eigenvalue weighted by atomic mass is 16.5. The molecule has 3 heteroatoms. The van der Waals surface area contributed by atoms with Crippen molar-refractivity contribution >= 4 is 5.97 Å². The fourth-order valence-corrected chi connectivity index (χ4v) is 5.29. The van der Waals surface area contributed by atoms with E-state index in [0.29, 0.717) is 11.8 Å². The first-order chi connectivity index (χ1) is 12.6. The summed E-state index contributed by atoms with van der Waals surface area (Å²) in [6.07, 6.45) is 14.1. The Hall–Kier alpha value is -1.77. The van der Waals surface area contributed by atoms with Crippen LogP contribution in [0.4, 0.5) is 0 Å². The normalized spacial score (nSPS) is 26.9. The van der Waals surface area contributed by atoms with Gasteiger partial charge in [0.1, 0.15) is 5.75 Å². The summed E-state index contributed by atoms with van der Waals surface area (Å²) in [4.78, 5) is 11.8. The van der Waals surface area contributed by atoms with Gasteiger partial charge in [0.05, 0.1) is 13.0 Å². The van der Waals surface area contributed by atoms with Crippen molar-refractivity contribution < 1.29 is 14.6 Å². The molecule has 26 heavy (non-hydrogen) atoms. The maximum absolute atomic E-state index is 11.8. The van der Waals surface area contributed by atoms with Gasteiger partial charge in [-0.05, 0) is 74.3 Å². The van der Waals surface area contributed by atoms with Crippen LogP contribution in [0, 0.1) is 17.3 Å². The van der Waals surface area contributed by atoms with Gasteiger partial charge in [-0.3, -0.25) is 4.79 Å². The van der Waals surface area contributed by atoms with Crippen LogP contribution in [-0.4, -0.2) is 18.2 Å². The molecule has 0 heterocycles. The molecule has 0 aromatic heterocycles. The third kappa shape index (κ3) is 3.97. The van der Waals surface area contributed by atoms with Gasteiger partial charge in [0.2, 0.25) is 0 Å². The summed E-state index contributed by atoms with van der Waals surface area (Å²) in [5.41, 5.74) is 1.56. The maximum atomic E-state index is 11.8. The summed E-state index contributed by atoms with van der Waals surface area (Å²) in [5, 5.41) is 9.72. The lowest BCUT2D eigenvalue weighted by Crippen LogP contribution is -2.21. The highest BCUT2D eigenvalue weighted by Crippen LogP contribution is 2.56. The first-order valence-corrected chi connectivity index (χ1v) is 10.1. The van der Waals surface area contributed by atoms with Gasteiger partial charge in [-0.15, -0.1) is 0 Å². The second-order valence-electron chi connectivity index (χ2n) is 8.26. The van der Waals surface area contributed by atoms with Gasteiger partial charge >= 0.3 is 5.97 Å². The number of methoxy groups -OCH3 is 1. The van der Waals surface area contributed by atoms with Gasteiger partial charge < -0.3 is 9.84 Å². The zero-order valence-corrected chi connectivity index (χ0v) is 16.1. The average Bonchev–Trinajstić information content (AvgIpc) is 3.25. The van der Waals surface area contributed by atoms with Crippen LogP contribution in [-0.2, 0) is 4.79 Å². The van der Waals surface area contributed by atoms with E-state index in [1.165, 1.54) is 32.1 Å². The fourth-order valence-electron chi connectivity index (χ4n) is 5.29. The van der Waals surface area contributed by atoms with Crippen molar-refractivity contribution in [2.24, 2.45) is 17.3 Å². The van der Waals surface area contributed by atoms with Gasteiger partial charge in [-0.1, -0.05) is 37.3 Å². The first kappa shape index (κ1) is 19.0. The molecule has 2 unspecified atom stereocenters. The number of para-hydroxylation sites is 1. The summed E-state index contributed by atoms with van der Waals surface area (Å²) >= 11 is 0. The molecule has 3 nitrogen and oxygen atoms in total. The van der Waals surface area contributed by atoms with Crippen molar-refractivity contribution in [1.29, 1.82) is 0 Å². The molecule has 142 valence electrons. The number of benzene rings is 1. The van der Waals surface area contributed by atoms with Crippen LogP contribution in [0.15, 0.2) is 36.4 Å². The third-order valence-electron chi connectivity index (χ3n) is 6.78. The SMILES string of the molecule is CCC(C(=O)O)C(CC=CCC12CCC(CC1)C2)c1ccccc1OC. The standard InChI is InChI=1S/C23H32O3/c1-3-18(22(24)25)19(20-9-4-5-10-21(20)26-2)8-6-7-13-23-14-11-17(16-23)12-15-23/h4-7,9-10,17-19H,3,8,11-16H2,1-2H3,(H,24,25). The number of aliphatic carboxylic acids is 1. The Balaban J connectivity index is 1.73. The first-order valence-electron chi connectivity index (χ1n) is 10.1. The van der Waals surface area contributed by atoms with E-state index in [1.54, 1.807) is 7.11 Å². The van der Waals surface area contributed by atoms with Crippen LogP contribution in [0.5, 0.6) is 5.75 Å². The van der Waals surface area contributed by atoms with E-state index in [2.05, 4.69) is 12.2 Å². The molecule has 2 atom stereocenters. The van der Waals surface area contributed by atoms with E-state index in [9.17, 15) is 9.90 Å². The number of carboxylic acid groups (broad SMARTS) is 1. The summed E-state index contributed by atoms with van der Waals surface area (Å²) in [6, 6.07) is 7.85. The van der Waals surface area contributed by atoms with E-state index < -0.39 is 11.9 Å². The number of allylic oxidation sites excluding steroid dienone is 2. The lowest BCUT2D eigenvalue weighted by atomic mass is 9.79. The molecular formula is C23H32O3. The molecule has 2 fully saturated rings. The zero-order chi connectivity index (χ0) is 18.6. The molecule has 2 bridgehead atoms. The molecule has 2 aliphatic carbocycles. The van der Waals surface area contributed by atoms with E-state index in [1.807, 2.05) is 31.2 Å². The molecule has 2 aliphatic rings. The molecule has 0 amide bonds. The third-order valence-corrected chi connectivity index (χ3v) is 6.78. The Morgan fingerprint density at radius 2 is 2.04 bits per heavy atom. The van der Waals surface area contributed by atoms with Crippen LogP contribution in [0.1, 0.15) is 69.8 Å². The number of rotatable bonds is 9. The topological polar surface area (TPSA) is 46.5 Å². The molecule has 1 aromatic carbocycles. The summed E-state index contributed by atoms with van der Waals surface area (Å²) in [7, 11) is 1.66. The Bertz CT molecular complexity index is 641. The molecule has 1 N–H and O–H groups in total. The summed E-state index contributed by atoms with van der Waals surface area (Å²) in [6.45, 7) is 1.96. The Morgan fingerprint density at radius 3 is 2.62 bits per heavy atom. The summed E-state index contributed by atoms with van der Waals surface area (Å²) in [5.74, 6) is 0.600. The Morgan fingerprint density at radius 1 is 1.31 bits per heavy atom. The molecule has 0 aliphatic heterocycles. The van der Waals surface area contributed by atoms with Crippen molar-refractivity contribution in [2.75, 3.05) is 7.11 Å². The highest BCUT2D eigenvalue weighted by molar-refractivity contribution is 5.71. The van der Waals surface area contributed by atoms with Crippen LogP contribution in [0.2, 0.25) is 0 Å². The number of fused-ring (bicyclic) bond motifs is 2. The van der Waals surface area contributed by atoms with Crippen LogP contribution >= 0.6 is 0 Å². The van der Waals surface area contributed by atoms with Gasteiger partial charge in [0, 0.05) is 5.92 Å².